The number of anilines is 1. The molecule has 1 saturated heterocycles. The van der Waals surface area contributed by atoms with E-state index in [0.29, 0.717) is 62.0 Å². The lowest BCUT2D eigenvalue weighted by molar-refractivity contribution is 0.0388. The number of aromatic amines is 1. The van der Waals surface area contributed by atoms with E-state index in [1.807, 2.05) is 38.1 Å². The maximum atomic E-state index is 13.2. The lowest BCUT2D eigenvalue weighted by Crippen LogP contribution is -2.42. The second-order valence-electron chi connectivity index (χ2n) is 10.1. The van der Waals surface area contributed by atoms with Gasteiger partial charge in [-0.3, -0.25) is 9.69 Å². The smallest absolute Gasteiger partial charge is 0.319 e. The lowest BCUT2D eigenvalue weighted by atomic mass is 10.1. The van der Waals surface area contributed by atoms with E-state index in [4.69, 9.17) is 44.5 Å². The van der Waals surface area contributed by atoms with Crippen molar-refractivity contribution in [1.29, 1.82) is 0 Å². The number of carbonyl (C=O) groups excluding carboxylic acids is 1. The summed E-state index contributed by atoms with van der Waals surface area (Å²) in [6.07, 6.45) is 0.349. The minimum atomic E-state index is -0.298. The van der Waals surface area contributed by atoms with Crippen molar-refractivity contribution in [2.24, 2.45) is 0 Å². The first kappa shape index (κ1) is 29.3. The number of aromatic nitrogens is 4. The molecule has 2 aromatic heterocycles. The van der Waals surface area contributed by atoms with Crippen molar-refractivity contribution in [3.05, 3.63) is 78.9 Å². The molecule has 10 nitrogen and oxygen atoms in total. The molecule has 0 aliphatic carbocycles. The largest absolute Gasteiger partial charge is 0.379 e. The number of nitrogens with zero attached hydrogens (tertiary/aromatic N) is 4. The first-order valence-electron chi connectivity index (χ1n) is 13.3. The number of H-pyrrole nitrogens is 1. The van der Waals surface area contributed by atoms with Gasteiger partial charge in [0.15, 0.2) is 5.65 Å². The van der Waals surface area contributed by atoms with Gasteiger partial charge >= 0.3 is 6.03 Å². The maximum Gasteiger partial charge on any atom is 0.319 e. The Morgan fingerprint density at radius 1 is 1.10 bits per heavy atom. The van der Waals surface area contributed by atoms with E-state index in [2.05, 4.69) is 25.6 Å². The van der Waals surface area contributed by atoms with Crippen LogP contribution < -0.4 is 16.2 Å². The topological polar surface area (TPSA) is 117 Å². The number of morpholine rings is 1. The highest BCUT2D eigenvalue weighted by Crippen LogP contribution is 2.34. The van der Waals surface area contributed by atoms with Crippen LogP contribution in [0.4, 0.5) is 10.5 Å². The number of hydrogen-bond donors (Lipinski definition) is 3. The summed E-state index contributed by atoms with van der Waals surface area (Å²) in [4.78, 5) is 35.5. The van der Waals surface area contributed by atoms with E-state index in [9.17, 15) is 9.59 Å². The second kappa shape index (κ2) is 12.8. The normalized spacial score (nSPS) is 14.1. The molecule has 0 spiro atoms. The van der Waals surface area contributed by atoms with Gasteiger partial charge in [0.25, 0.3) is 5.56 Å². The second-order valence-corrected chi connectivity index (χ2v) is 11.3. The third-order valence-corrected chi connectivity index (χ3v) is 7.55. The Labute approximate surface area is 251 Å². The first-order valence-corrected chi connectivity index (χ1v) is 14.4. The Hall–Kier alpha value is -3.15. The summed E-state index contributed by atoms with van der Waals surface area (Å²) >= 11 is 19.1. The summed E-state index contributed by atoms with van der Waals surface area (Å²) in [5.41, 5.74) is 2.59. The van der Waals surface area contributed by atoms with E-state index in [1.165, 1.54) is 4.68 Å². The summed E-state index contributed by atoms with van der Waals surface area (Å²) in [5, 5.41) is 11.7. The number of amides is 2. The summed E-state index contributed by atoms with van der Waals surface area (Å²) in [6.45, 7) is 8.43. The maximum absolute atomic E-state index is 13.2. The Kier molecular flexibility index (Phi) is 9.16. The quantitative estimate of drug-likeness (QED) is 0.249. The molecule has 2 amide bonds. The molecule has 216 valence electrons. The van der Waals surface area contributed by atoms with Crippen LogP contribution in [0.5, 0.6) is 0 Å². The average Bonchev–Trinajstić information content (AvgIpc) is 3.30. The molecule has 0 radical (unpaired) electrons. The average molecular weight is 619 g/mol. The fourth-order valence-electron chi connectivity index (χ4n) is 4.70. The molecule has 4 aromatic rings. The van der Waals surface area contributed by atoms with Crippen molar-refractivity contribution in [1.82, 2.24) is 30.0 Å². The number of nitrogens with one attached hydrogen (secondary N) is 3. The van der Waals surface area contributed by atoms with E-state index >= 15 is 0 Å². The molecule has 1 aliphatic rings. The monoisotopic (exact) mass is 617 g/mol. The third-order valence-electron chi connectivity index (χ3n) is 6.75. The van der Waals surface area contributed by atoms with Crippen molar-refractivity contribution in [2.45, 2.75) is 26.2 Å². The number of carbonyl (C=O) groups is 1. The summed E-state index contributed by atoms with van der Waals surface area (Å²) in [6, 6.07) is 10.2. The molecule has 1 aliphatic heterocycles. The zero-order valence-corrected chi connectivity index (χ0v) is 24.9. The van der Waals surface area contributed by atoms with Crippen LogP contribution in [0.15, 0.2) is 41.2 Å². The molecule has 2 aromatic carbocycles. The Balaban J connectivity index is 1.33. The van der Waals surface area contributed by atoms with Gasteiger partial charge in [0.05, 0.1) is 29.0 Å². The fraction of sp³-hybridized carbons (Fsp3) is 0.357. The molecule has 0 atom stereocenters. The van der Waals surface area contributed by atoms with Crippen LogP contribution in [-0.4, -0.2) is 70.1 Å². The van der Waals surface area contributed by atoms with E-state index in [1.54, 1.807) is 12.1 Å². The van der Waals surface area contributed by atoms with Crippen molar-refractivity contribution in [3.8, 4) is 5.69 Å². The van der Waals surface area contributed by atoms with Crippen molar-refractivity contribution in [2.75, 3.05) is 44.7 Å². The van der Waals surface area contributed by atoms with Crippen molar-refractivity contribution < 1.29 is 9.53 Å². The number of urea groups is 1. The van der Waals surface area contributed by atoms with Gasteiger partial charge in [-0.25, -0.2) is 14.5 Å². The van der Waals surface area contributed by atoms with E-state index < -0.39 is 0 Å². The highest BCUT2D eigenvalue weighted by molar-refractivity contribution is 6.40. The van der Waals surface area contributed by atoms with E-state index in [0.717, 1.165) is 38.4 Å². The van der Waals surface area contributed by atoms with Crippen LogP contribution in [0.25, 0.3) is 16.7 Å². The van der Waals surface area contributed by atoms with Gasteiger partial charge in [-0.15, -0.1) is 0 Å². The van der Waals surface area contributed by atoms with Gasteiger partial charge < -0.3 is 20.4 Å². The highest BCUT2D eigenvalue weighted by Gasteiger charge is 2.23. The molecule has 3 heterocycles. The van der Waals surface area contributed by atoms with Crippen molar-refractivity contribution in [3.63, 3.8) is 0 Å². The number of fused-ring (bicyclic) bond motifs is 1. The van der Waals surface area contributed by atoms with Gasteiger partial charge in [-0.1, -0.05) is 60.8 Å². The fourth-order valence-corrected chi connectivity index (χ4v) is 5.68. The SMILES string of the molecule is CC(C)c1nn(-c2c(Cl)cc(Cl)cc2Cl)c2nc(Cc3ccc(NC(=O)NCCN4CCOCC4)cc3)[nH]c(=O)c12. The van der Waals surface area contributed by atoms with Crippen LogP contribution in [-0.2, 0) is 11.2 Å². The van der Waals surface area contributed by atoms with Crippen molar-refractivity contribution >= 4 is 57.6 Å². The zero-order valence-electron chi connectivity index (χ0n) is 22.6. The standard InChI is InChI=1S/C28H30Cl3N7O3/c1-16(2)24-23-26(38(36-24)25-20(30)14-18(29)15-21(25)31)34-22(35-27(23)39)13-17-3-5-19(6-4-17)33-28(40)32-7-8-37-9-11-41-12-10-37/h3-6,14-16H,7-13H2,1-2H3,(H2,32,33,40)(H,34,35,39). The molecule has 41 heavy (non-hydrogen) atoms. The van der Waals surface area contributed by atoms with Gasteiger partial charge in [0.2, 0.25) is 0 Å². The van der Waals surface area contributed by atoms with Gasteiger partial charge in [-0.05, 0) is 35.7 Å². The highest BCUT2D eigenvalue weighted by atomic mass is 35.5. The van der Waals surface area contributed by atoms with Crippen LogP contribution in [0, 0.1) is 0 Å². The summed E-state index contributed by atoms with van der Waals surface area (Å²) in [7, 11) is 0. The summed E-state index contributed by atoms with van der Waals surface area (Å²) in [5.74, 6) is 0.399. The number of benzene rings is 2. The summed E-state index contributed by atoms with van der Waals surface area (Å²) < 4.78 is 6.85. The Bertz CT molecular complexity index is 1590. The number of halogens is 3. The van der Waals surface area contributed by atoms with Crippen LogP contribution in [0.3, 0.4) is 0 Å². The minimum Gasteiger partial charge on any atom is -0.379 e. The first-order chi connectivity index (χ1) is 19.7. The zero-order chi connectivity index (χ0) is 29.1. The predicted octanol–water partition coefficient (Wildman–Crippen LogP) is 5.24. The molecular weight excluding hydrogens is 589 g/mol. The minimum absolute atomic E-state index is 0.0473. The van der Waals surface area contributed by atoms with Gasteiger partial charge in [0, 0.05) is 43.3 Å². The predicted molar refractivity (Wildman–Crippen MR) is 162 cm³/mol. The van der Waals surface area contributed by atoms with Crippen LogP contribution in [0.2, 0.25) is 15.1 Å². The number of ether oxygens (including phenoxy) is 1. The number of hydrogen-bond acceptors (Lipinski definition) is 6. The van der Waals surface area contributed by atoms with Gasteiger partial charge in [0.1, 0.15) is 16.9 Å². The third kappa shape index (κ3) is 6.85. The number of rotatable bonds is 8. The molecule has 13 heteroatoms. The molecule has 3 N–H and O–H groups in total. The van der Waals surface area contributed by atoms with Crippen LogP contribution >= 0.6 is 34.8 Å². The molecule has 0 bridgehead atoms. The molecule has 0 saturated carbocycles. The molecule has 0 unspecified atom stereocenters. The molecule has 5 rings (SSSR count). The Morgan fingerprint density at radius 3 is 2.44 bits per heavy atom. The molecular formula is C28H30Cl3N7O3. The Morgan fingerprint density at radius 2 is 1.78 bits per heavy atom. The van der Waals surface area contributed by atoms with Gasteiger partial charge in [-0.2, -0.15) is 5.10 Å². The van der Waals surface area contributed by atoms with Crippen LogP contribution in [0.1, 0.15) is 36.8 Å². The molecule has 1 fully saturated rings. The lowest BCUT2D eigenvalue weighted by Gasteiger charge is -2.26. The van der Waals surface area contributed by atoms with E-state index in [-0.39, 0.29) is 17.5 Å².